The van der Waals surface area contributed by atoms with E-state index >= 15 is 0 Å². The number of carboxylic acids is 2. The monoisotopic (exact) mass is 546 g/mol. The molecule has 3 aromatic carbocycles. The molecule has 0 spiro atoms. The molecule has 1 aliphatic heterocycles. The maximum atomic E-state index is 12.0. The summed E-state index contributed by atoms with van der Waals surface area (Å²) in [5.74, 6) is -4.60. The highest BCUT2D eigenvalue weighted by atomic mass is 35.5. The van der Waals surface area contributed by atoms with Gasteiger partial charge in [-0.15, -0.1) is 0 Å². The molecule has 9 nitrogen and oxygen atoms in total. The first-order chi connectivity index (χ1) is 17.0. The highest BCUT2D eigenvalue weighted by Gasteiger charge is 2.29. The first-order valence-corrected chi connectivity index (χ1v) is 11.5. The van der Waals surface area contributed by atoms with Crippen LogP contribution in [0.5, 0.6) is 5.75 Å². The van der Waals surface area contributed by atoms with Gasteiger partial charge in [0.2, 0.25) is 0 Å². The lowest BCUT2D eigenvalue weighted by Gasteiger charge is -2.19. The number of amidine groups is 1. The standard InChI is InChI=1S/C24H17Cl3N4O5/c25-11-6-13(20(27)16(26)7-11)14-3-10(12(24(35)36)8-19(32)33)4-15(21(14)34)23-30-17-2-1-9(22(28)29)5-18(17)31-23/h1-7,12,23,34H,8H2,(H3,28,29)(H,32,33)(H,35,36). The smallest absolute Gasteiger partial charge is 0.311 e. The molecule has 1 heterocycles. The summed E-state index contributed by atoms with van der Waals surface area (Å²) in [4.78, 5) is 32.4. The van der Waals surface area contributed by atoms with Gasteiger partial charge in [-0.25, -0.2) is 0 Å². The van der Waals surface area contributed by atoms with Crippen molar-refractivity contribution >= 4 is 52.6 Å². The SMILES string of the molecule is N=C(N)c1ccc2c(c1)=NC(c1cc(C(CC(=O)O)C(=O)O)cc(-c3cc(Cl)cc(Cl)c3Cl)c1O)N=2. The number of fused-ring (bicyclic) bond motifs is 1. The van der Waals surface area contributed by atoms with Crippen molar-refractivity contribution in [2.45, 2.75) is 18.5 Å². The summed E-state index contributed by atoms with van der Waals surface area (Å²) in [5.41, 5.74) is 6.49. The van der Waals surface area contributed by atoms with Crippen LogP contribution in [0.15, 0.2) is 52.4 Å². The van der Waals surface area contributed by atoms with Crippen LogP contribution in [-0.4, -0.2) is 33.1 Å². The van der Waals surface area contributed by atoms with Crippen LogP contribution < -0.4 is 16.4 Å². The number of aliphatic carboxylic acids is 2. The molecule has 0 radical (unpaired) electrons. The third kappa shape index (κ3) is 4.86. The Balaban J connectivity index is 1.98. The number of phenols is 1. The predicted molar refractivity (Wildman–Crippen MR) is 134 cm³/mol. The van der Waals surface area contributed by atoms with Gasteiger partial charge in [0.25, 0.3) is 0 Å². The minimum Gasteiger partial charge on any atom is -0.507 e. The zero-order valence-corrected chi connectivity index (χ0v) is 20.4. The molecule has 0 aromatic heterocycles. The van der Waals surface area contributed by atoms with Crippen molar-refractivity contribution in [3.05, 3.63) is 84.9 Å². The summed E-state index contributed by atoms with van der Waals surface area (Å²) in [6.45, 7) is 0. The molecular weight excluding hydrogens is 531 g/mol. The Labute approximate surface area is 218 Å². The van der Waals surface area contributed by atoms with Gasteiger partial charge in [0.1, 0.15) is 11.6 Å². The second-order valence-corrected chi connectivity index (χ2v) is 9.21. The molecule has 1 aliphatic rings. The number of hydrogen-bond donors (Lipinski definition) is 5. The van der Waals surface area contributed by atoms with Gasteiger partial charge >= 0.3 is 11.9 Å². The van der Waals surface area contributed by atoms with Crippen molar-refractivity contribution in [3.8, 4) is 16.9 Å². The van der Waals surface area contributed by atoms with Gasteiger partial charge in [0.15, 0.2) is 6.17 Å². The number of rotatable bonds is 7. The van der Waals surface area contributed by atoms with Crippen LogP contribution in [-0.2, 0) is 9.59 Å². The number of nitrogens with one attached hydrogen (secondary N) is 1. The molecule has 12 heteroatoms. The average Bonchev–Trinajstić information content (AvgIpc) is 3.23. The minimum atomic E-state index is -1.44. The van der Waals surface area contributed by atoms with Crippen molar-refractivity contribution in [1.82, 2.24) is 0 Å². The van der Waals surface area contributed by atoms with Crippen LogP contribution in [0, 0.1) is 5.41 Å². The van der Waals surface area contributed by atoms with Gasteiger partial charge in [0.05, 0.1) is 33.1 Å². The molecule has 2 unspecified atom stereocenters. The first-order valence-electron chi connectivity index (χ1n) is 10.3. The number of nitrogens with two attached hydrogens (primary N) is 1. The van der Waals surface area contributed by atoms with E-state index in [9.17, 15) is 24.9 Å². The van der Waals surface area contributed by atoms with E-state index in [1.54, 1.807) is 18.2 Å². The van der Waals surface area contributed by atoms with E-state index in [1.807, 2.05) is 0 Å². The predicted octanol–water partition coefficient (Wildman–Crippen LogP) is 3.90. The van der Waals surface area contributed by atoms with Gasteiger partial charge in [-0.05, 0) is 48.0 Å². The zero-order chi connectivity index (χ0) is 26.3. The molecule has 0 aliphatic carbocycles. The molecular formula is C24H17Cl3N4O5. The van der Waals surface area contributed by atoms with E-state index in [1.165, 1.54) is 24.3 Å². The summed E-state index contributed by atoms with van der Waals surface area (Å²) in [5, 5.41) is 39.2. The number of benzene rings is 3. The normalized spacial score (nSPS) is 14.9. The molecule has 0 fully saturated rings. The van der Waals surface area contributed by atoms with Gasteiger partial charge in [0, 0.05) is 27.3 Å². The number of halogens is 3. The van der Waals surface area contributed by atoms with E-state index in [4.69, 9.17) is 45.9 Å². The largest absolute Gasteiger partial charge is 0.507 e. The molecule has 4 rings (SSSR count). The average molecular weight is 548 g/mol. The molecule has 0 saturated heterocycles. The van der Waals surface area contributed by atoms with Crippen molar-refractivity contribution in [1.29, 1.82) is 5.41 Å². The minimum absolute atomic E-state index is 0.0549. The quantitative estimate of drug-likeness (QED) is 0.171. The number of nitrogen functional groups attached to an aromatic ring is 1. The number of carboxylic acid groups (broad SMARTS) is 2. The fraction of sp³-hybridized carbons (Fsp3) is 0.125. The van der Waals surface area contributed by atoms with Crippen molar-refractivity contribution in [3.63, 3.8) is 0 Å². The Hall–Kier alpha value is -3.66. The van der Waals surface area contributed by atoms with Crippen LogP contribution in [0.2, 0.25) is 15.1 Å². The maximum absolute atomic E-state index is 12.0. The number of nitrogens with zero attached hydrogens (tertiary/aromatic N) is 2. The molecule has 0 amide bonds. The third-order valence-corrected chi connectivity index (χ3v) is 6.63. The third-order valence-electron chi connectivity index (χ3n) is 5.61. The molecule has 0 saturated carbocycles. The number of aromatic hydroxyl groups is 1. The summed E-state index contributed by atoms with van der Waals surface area (Å²) >= 11 is 18.7. The fourth-order valence-electron chi connectivity index (χ4n) is 3.89. The van der Waals surface area contributed by atoms with Gasteiger partial charge in [-0.1, -0.05) is 34.8 Å². The topological polar surface area (TPSA) is 169 Å². The molecule has 2 atom stereocenters. The zero-order valence-electron chi connectivity index (χ0n) is 18.2. The Morgan fingerprint density at radius 2 is 1.69 bits per heavy atom. The maximum Gasteiger partial charge on any atom is 0.311 e. The molecule has 0 bridgehead atoms. The van der Waals surface area contributed by atoms with E-state index in [-0.39, 0.29) is 48.9 Å². The summed E-state index contributed by atoms with van der Waals surface area (Å²) in [6, 6.07) is 10.3. The van der Waals surface area contributed by atoms with Crippen LogP contribution >= 0.6 is 34.8 Å². The van der Waals surface area contributed by atoms with Crippen molar-refractivity contribution in [2.24, 2.45) is 15.7 Å². The van der Waals surface area contributed by atoms with Gasteiger partial charge in [-0.2, -0.15) is 0 Å². The number of hydrogen-bond acceptors (Lipinski definition) is 6. The molecule has 6 N–H and O–H groups in total. The lowest BCUT2D eigenvalue weighted by atomic mass is 9.89. The lowest BCUT2D eigenvalue weighted by molar-refractivity contribution is -0.145. The first kappa shape index (κ1) is 25.4. The Morgan fingerprint density at radius 3 is 2.33 bits per heavy atom. The molecule has 3 aromatic rings. The van der Waals surface area contributed by atoms with Crippen LogP contribution in [0.4, 0.5) is 0 Å². The van der Waals surface area contributed by atoms with Crippen molar-refractivity contribution in [2.75, 3.05) is 0 Å². The second-order valence-electron chi connectivity index (χ2n) is 7.99. The van der Waals surface area contributed by atoms with E-state index in [0.29, 0.717) is 16.3 Å². The summed E-state index contributed by atoms with van der Waals surface area (Å²) in [7, 11) is 0. The van der Waals surface area contributed by atoms with Crippen LogP contribution in [0.3, 0.4) is 0 Å². The van der Waals surface area contributed by atoms with Crippen molar-refractivity contribution < 1.29 is 24.9 Å². The number of phenolic OH excluding ortho intramolecular Hbond substituents is 1. The Bertz CT molecular complexity index is 1570. The molecule has 36 heavy (non-hydrogen) atoms. The van der Waals surface area contributed by atoms with E-state index < -0.39 is 30.4 Å². The van der Waals surface area contributed by atoms with Crippen LogP contribution in [0.25, 0.3) is 11.1 Å². The highest BCUT2D eigenvalue weighted by molar-refractivity contribution is 6.45. The second kappa shape index (κ2) is 9.77. The summed E-state index contributed by atoms with van der Waals surface area (Å²) in [6.07, 6.45) is -1.70. The van der Waals surface area contributed by atoms with E-state index in [2.05, 4.69) is 9.98 Å². The number of carbonyl (C=O) groups is 2. The fourth-order valence-corrected chi connectivity index (χ4v) is 4.60. The van der Waals surface area contributed by atoms with Crippen LogP contribution in [0.1, 0.15) is 35.2 Å². The Kier molecular flexibility index (Phi) is 6.90. The van der Waals surface area contributed by atoms with Gasteiger partial charge < -0.3 is 21.1 Å². The van der Waals surface area contributed by atoms with E-state index in [0.717, 1.165) is 0 Å². The molecule has 184 valence electrons. The summed E-state index contributed by atoms with van der Waals surface area (Å²) < 4.78 is 0. The Morgan fingerprint density at radius 1 is 1.00 bits per heavy atom. The lowest BCUT2D eigenvalue weighted by Crippen LogP contribution is -2.24. The van der Waals surface area contributed by atoms with Gasteiger partial charge in [-0.3, -0.25) is 25.0 Å². The highest BCUT2D eigenvalue weighted by Crippen LogP contribution is 2.45.